The van der Waals surface area contributed by atoms with Crippen molar-refractivity contribution in [3.05, 3.63) is 17.7 Å². The number of benzene rings is 1. The minimum absolute atomic E-state index is 0. The minimum atomic E-state index is 0. The van der Waals surface area contributed by atoms with E-state index < -0.39 is 0 Å². The van der Waals surface area contributed by atoms with Gasteiger partial charge in [-0.3, -0.25) is 4.79 Å². The lowest BCUT2D eigenvalue weighted by molar-refractivity contribution is -0.857. The third-order valence-electron chi connectivity index (χ3n) is 2.84. The van der Waals surface area contributed by atoms with Gasteiger partial charge in [-0.2, -0.15) is 0 Å². The molecular weight excluding hydrogens is 282 g/mol. The molecule has 20 heavy (non-hydrogen) atoms. The van der Waals surface area contributed by atoms with Crippen molar-refractivity contribution in [1.82, 2.24) is 0 Å². The number of rotatable bonds is 7. The van der Waals surface area contributed by atoms with Gasteiger partial charge in [0.05, 0.1) is 48.4 Å². The summed E-state index contributed by atoms with van der Waals surface area (Å²) in [6.07, 6.45) is 0.487. The van der Waals surface area contributed by atoms with E-state index >= 15 is 0 Å². The highest BCUT2D eigenvalue weighted by Crippen LogP contribution is 2.38. The van der Waals surface area contributed by atoms with Gasteiger partial charge in [-0.05, 0) is 12.1 Å². The van der Waals surface area contributed by atoms with Gasteiger partial charge in [0.15, 0.2) is 17.3 Å². The van der Waals surface area contributed by atoms with Crippen LogP contribution in [0.4, 0.5) is 0 Å². The Labute approximate surface area is 126 Å². The van der Waals surface area contributed by atoms with Crippen LogP contribution in [0.25, 0.3) is 0 Å². The van der Waals surface area contributed by atoms with Gasteiger partial charge in [-0.1, -0.05) is 0 Å². The van der Waals surface area contributed by atoms with E-state index in [2.05, 4.69) is 0 Å². The lowest BCUT2D eigenvalue weighted by Crippen LogP contribution is -3.05. The van der Waals surface area contributed by atoms with Gasteiger partial charge in [0, 0.05) is 5.56 Å². The number of Topliss-reactive ketones (excluding diaryl/α,β-unsaturated/α-hetero) is 1. The molecule has 0 spiro atoms. The van der Waals surface area contributed by atoms with Crippen LogP contribution in [0.5, 0.6) is 17.2 Å². The van der Waals surface area contributed by atoms with Crippen LogP contribution in [0.3, 0.4) is 0 Å². The van der Waals surface area contributed by atoms with Crippen molar-refractivity contribution in [1.29, 1.82) is 0 Å². The van der Waals surface area contributed by atoms with Crippen LogP contribution in [0.1, 0.15) is 16.8 Å². The number of halogens is 1. The van der Waals surface area contributed by atoms with Gasteiger partial charge in [-0.15, -0.1) is 0 Å². The van der Waals surface area contributed by atoms with Crippen LogP contribution in [0.2, 0.25) is 0 Å². The number of ketones is 1. The lowest BCUT2D eigenvalue weighted by atomic mass is 10.1. The molecule has 1 aromatic carbocycles. The molecule has 0 radical (unpaired) electrons. The second kappa shape index (κ2) is 8.66. The first-order chi connectivity index (χ1) is 9.03. The zero-order valence-corrected chi connectivity index (χ0v) is 13.3. The molecule has 0 unspecified atom stereocenters. The molecule has 0 bridgehead atoms. The van der Waals surface area contributed by atoms with Gasteiger partial charge >= 0.3 is 0 Å². The topological polar surface area (TPSA) is 49.2 Å². The SMILES string of the molecule is COc1cc(C(=O)CC[NH+](C)C)cc(OC)c1OC.[Cl-]. The third-order valence-corrected chi connectivity index (χ3v) is 2.84. The Morgan fingerprint density at radius 1 is 1.05 bits per heavy atom. The number of methoxy groups -OCH3 is 3. The van der Waals surface area contributed by atoms with E-state index in [0.29, 0.717) is 29.2 Å². The summed E-state index contributed by atoms with van der Waals surface area (Å²) in [4.78, 5) is 13.4. The molecule has 0 aliphatic rings. The molecule has 0 saturated heterocycles. The average Bonchev–Trinajstić information content (AvgIpc) is 2.42. The summed E-state index contributed by atoms with van der Waals surface area (Å²) in [7, 11) is 8.65. The Morgan fingerprint density at radius 3 is 1.90 bits per heavy atom. The zero-order valence-electron chi connectivity index (χ0n) is 12.6. The predicted octanol–water partition coefficient (Wildman–Crippen LogP) is -2.57. The third kappa shape index (κ3) is 4.58. The second-order valence-corrected chi connectivity index (χ2v) is 4.54. The molecule has 0 heterocycles. The Kier molecular flexibility index (Phi) is 8.03. The molecule has 114 valence electrons. The van der Waals surface area contributed by atoms with Gasteiger partial charge in [-0.25, -0.2) is 0 Å². The summed E-state index contributed by atoms with van der Waals surface area (Å²) in [5, 5.41) is 0. The molecule has 0 aliphatic heterocycles. The monoisotopic (exact) mass is 303 g/mol. The number of carbonyl (C=O) groups excluding carboxylic acids is 1. The first-order valence-electron chi connectivity index (χ1n) is 6.15. The standard InChI is InChI=1S/C14H21NO4.ClH/c1-15(2)7-6-11(16)10-8-12(17-3)14(19-5)13(9-10)18-4;/h8-9H,6-7H2,1-5H3;1H. The molecule has 0 amide bonds. The molecule has 1 aromatic rings. The van der Waals surface area contributed by atoms with Crippen LogP contribution in [-0.2, 0) is 0 Å². The quantitative estimate of drug-likeness (QED) is 0.563. The van der Waals surface area contributed by atoms with Crippen LogP contribution in [0.15, 0.2) is 12.1 Å². The fourth-order valence-electron chi connectivity index (χ4n) is 1.75. The van der Waals surface area contributed by atoms with Crippen molar-refractivity contribution in [2.75, 3.05) is 42.0 Å². The maximum Gasteiger partial charge on any atom is 0.203 e. The second-order valence-electron chi connectivity index (χ2n) is 4.54. The van der Waals surface area contributed by atoms with Crippen LogP contribution < -0.4 is 31.5 Å². The van der Waals surface area contributed by atoms with Crippen molar-refractivity contribution < 1.29 is 36.3 Å². The largest absolute Gasteiger partial charge is 1.00 e. The fraction of sp³-hybridized carbons (Fsp3) is 0.500. The zero-order chi connectivity index (χ0) is 14.4. The van der Waals surface area contributed by atoms with Gasteiger partial charge < -0.3 is 31.5 Å². The molecule has 0 atom stereocenters. The molecule has 1 N–H and O–H groups in total. The summed E-state index contributed by atoms with van der Waals surface area (Å²) >= 11 is 0. The fourth-order valence-corrected chi connectivity index (χ4v) is 1.75. The van der Waals surface area contributed by atoms with Crippen molar-refractivity contribution in [2.45, 2.75) is 6.42 Å². The van der Waals surface area contributed by atoms with Crippen molar-refractivity contribution in [3.8, 4) is 17.2 Å². The number of hydrogen-bond donors (Lipinski definition) is 1. The van der Waals surface area contributed by atoms with E-state index in [4.69, 9.17) is 14.2 Å². The highest BCUT2D eigenvalue weighted by atomic mass is 35.5. The Bertz CT molecular complexity index is 424. The summed E-state index contributed by atoms with van der Waals surface area (Å²) in [6.45, 7) is 0.787. The van der Waals surface area contributed by atoms with Gasteiger partial charge in [0.25, 0.3) is 0 Å². The molecule has 0 fully saturated rings. The van der Waals surface area contributed by atoms with Crippen molar-refractivity contribution in [3.63, 3.8) is 0 Å². The van der Waals surface area contributed by atoms with Gasteiger partial charge in [0.2, 0.25) is 5.75 Å². The summed E-state index contributed by atoms with van der Waals surface area (Å²) in [6, 6.07) is 3.38. The van der Waals surface area contributed by atoms with E-state index in [9.17, 15) is 4.79 Å². The number of hydrogen-bond acceptors (Lipinski definition) is 4. The van der Waals surface area contributed by atoms with Crippen LogP contribution in [-0.4, -0.2) is 47.8 Å². The average molecular weight is 304 g/mol. The normalized spacial score (nSPS) is 9.90. The Morgan fingerprint density at radius 2 is 1.55 bits per heavy atom. The van der Waals surface area contributed by atoms with E-state index in [0.717, 1.165) is 6.54 Å². The van der Waals surface area contributed by atoms with E-state index in [-0.39, 0.29) is 18.2 Å². The maximum absolute atomic E-state index is 12.1. The molecular formula is C14H22ClNO4. The maximum atomic E-state index is 12.1. The summed E-state index contributed by atoms with van der Waals surface area (Å²) in [5.74, 6) is 1.57. The first-order valence-corrected chi connectivity index (χ1v) is 6.15. The van der Waals surface area contributed by atoms with Crippen LogP contribution in [0, 0.1) is 0 Å². The highest BCUT2D eigenvalue weighted by molar-refractivity contribution is 5.97. The highest BCUT2D eigenvalue weighted by Gasteiger charge is 2.17. The molecule has 0 aromatic heterocycles. The predicted molar refractivity (Wildman–Crippen MR) is 72.7 cm³/mol. The van der Waals surface area contributed by atoms with Gasteiger partial charge in [0.1, 0.15) is 0 Å². The summed E-state index contributed by atoms with van der Waals surface area (Å²) < 4.78 is 15.7. The van der Waals surface area contributed by atoms with E-state index in [1.165, 1.54) is 26.2 Å². The minimum Gasteiger partial charge on any atom is -1.00 e. The number of carbonyl (C=O) groups is 1. The van der Waals surface area contributed by atoms with Crippen molar-refractivity contribution >= 4 is 5.78 Å². The number of quaternary nitrogens is 1. The Hall–Kier alpha value is -1.46. The Balaban J connectivity index is 0.00000361. The molecule has 5 nitrogen and oxygen atoms in total. The van der Waals surface area contributed by atoms with E-state index in [1.54, 1.807) is 12.1 Å². The molecule has 6 heteroatoms. The first kappa shape index (κ1) is 18.5. The number of ether oxygens (including phenoxy) is 3. The van der Waals surface area contributed by atoms with E-state index in [1.807, 2.05) is 14.1 Å². The smallest absolute Gasteiger partial charge is 0.203 e. The molecule has 1 rings (SSSR count). The summed E-state index contributed by atoms with van der Waals surface area (Å²) in [5.41, 5.74) is 0.579. The van der Waals surface area contributed by atoms with Crippen molar-refractivity contribution in [2.24, 2.45) is 0 Å². The lowest BCUT2D eigenvalue weighted by Gasteiger charge is -2.14. The number of nitrogens with one attached hydrogen (secondary N) is 1. The molecule has 0 aliphatic carbocycles. The van der Waals surface area contributed by atoms with Crippen LogP contribution >= 0.6 is 0 Å². The molecule has 0 saturated carbocycles.